The average molecular weight is 278 g/mol. The molecule has 1 N–H and O–H groups in total. The molecule has 0 aromatic carbocycles. The van der Waals surface area contributed by atoms with Crippen LogP contribution in [0.3, 0.4) is 0 Å². The predicted octanol–water partition coefficient (Wildman–Crippen LogP) is 2.95. The summed E-state index contributed by atoms with van der Waals surface area (Å²) in [7, 11) is 0. The van der Waals surface area contributed by atoms with Crippen molar-refractivity contribution in [3.05, 3.63) is 0 Å². The minimum absolute atomic E-state index is 0.436. The first-order valence-electron chi connectivity index (χ1n) is 8.76. The number of amides is 1. The molecule has 3 rings (SSSR count). The highest BCUT2D eigenvalue weighted by Crippen LogP contribution is 2.43. The number of carbonyl (C=O) groups is 1. The molecule has 0 bridgehead atoms. The normalized spacial score (nSPS) is 27.1. The van der Waals surface area contributed by atoms with E-state index in [0.29, 0.717) is 11.3 Å². The standard InChI is InChI=1S/C17H30N2O/c20-16(5-4-15-6-11-18-12-7-15)19-13-10-17(14-19)8-2-1-3-9-17/h15,18H,1-14H2. The van der Waals surface area contributed by atoms with Gasteiger partial charge in [0.1, 0.15) is 0 Å². The molecule has 0 radical (unpaired) electrons. The molecule has 3 aliphatic rings. The maximum Gasteiger partial charge on any atom is 0.222 e. The first-order chi connectivity index (χ1) is 9.77. The van der Waals surface area contributed by atoms with Crippen molar-refractivity contribution in [3.63, 3.8) is 0 Å². The van der Waals surface area contributed by atoms with Gasteiger partial charge in [0.05, 0.1) is 0 Å². The Bertz CT molecular complexity index is 330. The molecule has 1 spiro atoms. The average Bonchev–Trinajstić information content (AvgIpc) is 2.90. The maximum atomic E-state index is 12.4. The Hall–Kier alpha value is -0.570. The van der Waals surface area contributed by atoms with E-state index < -0.39 is 0 Å². The van der Waals surface area contributed by atoms with Gasteiger partial charge in [-0.2, -0.15) is 0 Å². The van der Waals surface area contributed by atoms with Crippen LogP contribution in [0.5, 0.6) is 0 Å². The Morgan fingerprint density at radius 2 is 1.85 bits per heavy atom. The molecule has 2 aliphatic heterocycles. The molecule has 1 aliphatic carbocycles. The van der Waals surface area contributed by atoms with Gasteiger partial charge in [-0.3, -0.25) is 4.79 Å². The lowest BCUT2D eigenvalue weighted by atomic mass is 9.73. The summed E-state index contributed by atoms with van der Waals surface area (Å²) in [5, 5.41) is 3.40. The van der Waals surface area contributed by atoms with Crippen molar-refractivity contribution >= 4 is 5.91 Å². The number of nitrogens with one attached hydrogen (secondary N) is 1. The van der Waals surface area contributed by atoms with Crippen molar-refractivity contribution in [1.82, 2.24) is 10.2 Å². The number of carbonyl (C=O) groups excluding carboxylic acids is 1. The van der Waals surface area contributed by atoms with Crippen molar-refractivity contribution in [2.45, 2.75) is 64.2 Å². The molecule has 1 amide bonds. The topological polar surface area (TPSA) is 32.3 Å². The third-order valence-electron chi connectivity index (χ3n) is 5.93. The van der Waals surface area contributed by atoms with Gasteiger partial charge in [0, 0.05) is 19.5 Å². The molecule has 1 saturated carbocycles. The zero-order valence-electron chi connectivity index (χ0n) is 12.8. The van der Waals surface area contributed by atoms with Gasteiger partial charge in [-0.05, 0) is 62.9 Å². The Kier molecular flexibility index (Phi) is 4.65. The molecule has 3 heteroatoms. The second-order valence-corrected chi connectivity index (χ2v) is 7.36. The van der Waals surface area contributed by atoms with Gasteiger partial charge >= 0.3 is 0 Å². The zero-order chi connectivity index (χ0) is 13.8. The maximum absolute atomic E-state index is 12.4. The van der Waals surface area contributed by atoms with Crippen LogP contribution in [0.4, 0.5) is 0 Å². The Labute approximate surface area is 123 Å². The molecular formula is C17H30N2O. The third-order valence-corrected chi connectivity index (χ3v) is 5.93. The number of rotatable bonds is 3. The lowest BCUT2D eigenvalue weighted by Gasteiger charge is -2.33. The number of piperidine rings is 1. The summed E-state index contributed by atoms with van der Waals surface area (Å²) in [5.41, 5.74) is 0.517. The van der Waals surface area contributed by atoms with Crippen LogP contribution in [-0.2, 0) is 4.79 Å². The van der Waals surface area contributed by atoms with Gasteiger partial charge in [0.25, 0.3) is 0 Å². The lowest BCUT2D eigenvalue weighted by Crippen LogP contribution is -2.34. The van der Waals surface area contributed by atoms with E-state index in [9.17, 15) is 4.79 Å². The number of likely N-dealkylation sites (tertiary alicyclic amines) is 1. The third kappa shape index (κ3) is 3.36. The summed E-state index contributed by atoms with van der Waals surface area (Å²) >= 11 is 0. The monoisotopic (exact) mass is 278 g/mol. The van der Waals surface area contributed by atoms with Gasteiger partial charge in [-0.15, -0.1) is 0 Å². The van der Waals surface area contributed by atoms with E-state index >= 15 is 0 Å². The van der Waals surface area contributed by atoms with Crippen molar-refractivity contribution in [2.75, 3.05) is 26.2 Å². The summed E-state index contributed by atoms with van der Waals surface area (Å²) in [6.45, 7) is 4.39. The second kappa shape index (κ2) is 6.46. The Balaban J connectivity index is 1.43. The quantitative estimate of drug-likeness (QED) is 0.861. The van der Waals surface area contributed by atoms with Crippen molar-refractivity contribution < 1.29 is 4.79 Å². The molecule has 0 unspecified atom stereocenters. The molecular weight excluding hydrogens is 248 g/mol. The summed E-state index contributed by atoms with van der Waals surface area (Å²) in [6, 6.07) is 0. The van der Waals surface area contributed by atoms with Crippen LogP contribution in [-0.4, -0.2) is 37.0 Å². The summed E-state index contributed by atoms with van der Waals surface area (Å²) in [5.74, 6) is 1.22. The molecule has 0 aromatic heterocycles. The smallest absolute Gasteiger partial charge is 0.222 e. The van der Waals surface area contributed by atoms with Crippen LogP contribution in [0.15, 0.2) is 0 Å². The molecule has 3 nitrogen and oxygen atoms in total. The van der Waals surface area contributed by atoms with E-state index in [4.69, 9.17) is 0 Å². The van der Waals surface area contributed by atoms with Crippen LogP contribution in [0.1, 0.15) is 64.2 Å². The number of hydrogen-bond donors (Lipinski definition) is 1. The SMILES string of the molecule is O=C(CCC1CCNCC1)N1CCC2(CCCCC2)C1. The molecule has 20 heavy (non-hydrogen) atoms. The van der Waals surface area contributed by atoms with Gasteiger partial charge in [-0.25, -0.2) is 0 Å². The van der Waals surface area contributed by atoms with E-state index in [1.54, 1.807) is 0 Å². The van der Waals surface area contributed by atoms with E-state index in [2.05, 4.69) is 10.2 Å². The fraction of sp³-hybridized carbons (Fsp3) is 0.941. The van der Waals surface area contributed by atoms with Crippen molar-refractivity contribution in [3.8, 4) is 0 Å². The lowest BCUT2D eigenvalue weighted by molar-refractivity contribution is -0.131. The van der Waals surface area contributed by atoms with Gasteiger partial charge in [0.15, 0.2) is 0 Å². The highest BCUT2D eigenvalue weighted by molar-refractivity contribution is 5.76. The van der Waals surface area contributed by atoms with Crippen molar-refractivity contribution in [2.24, 2.45) is 11.3 Å². The summed E-state index contributed by atoms with van der Waals surface area (Å²) in [6.07, 6.45) is 12.6. The van der Waals surface area contributed by atoms with E-state index in [0.717, 1.165) is 44.9 Å². The zero-order valence-corrected chi connectivity index (χ0v) is 12.8. The summed E-state index contributed by atoms with van der Waals surface area (Å²) < 4.78 is 0. The number of hydrogen-bond acceptors (Lipinski definition) is 2. The van der Waals surface area contributed by atoms with Crippen molar-refractivity contribution in [1.29, 1.82) is 0 Å². The molecule has 2 heterocycles. The highest BCUT2D eigenvalue weighted by Gasteiger charge is 2.40. The first-order valence-corrected chi connectivity index (χ1v) is 8.76. The van der Waals surface area contributed by atoms with E-state index in [1.165, 1.54) is 51.4 Å². The molecule has 2 saturated heterocycles. The van der Waals surface area contributed by atoms with Crippen LogP contribution >= 0.6 is 0 Å². The largest absolute Gasteiger partial charge is 0.342 e. The first kappa shape index (κ1) is 14.4. The molecule has 0 aromatic rings. The highest BCUT2D eigenvalue weighted by atomic mass is 16.2. The fourth-order valence-electron chi connectivity index (χ4n) is 4.51. The Morgan fingerprint density at radius 1 is 1.10 bits per heavy atom. The van der Waals surface area contributed by atoms with Gasteiger partial charge < -0.3 is 10.2 Å². The van der Waals surface area contributed by atoms with E-state index in [-0.39, 0.29) is 0 Å². The predicted molar refractivity (Wildman–Crippen MR) is 81.5 cm³/mol. The number of nitrogens with zero attached hydrogens (tertiary/aromatic N) is 1. The second-order valence-electron chi connectivity index (χ2n) is 7.36. The molecule has 0 atom stereocenters. The van der Waals surface area contributed by atoms with Crippen LogP contribution in [0.2, 0.25) is 0 Å². The Morgan fingerprint density at radius 3 is 2.60 bits per heavy atom. The summed E-state index contributed by atoms with van der Waals surface area (Å²) in [4.78, 5) is 14.6. The van der Waals surface area contributed by atoms with Crippen LogP contribution in [0, 0.1) is 11.3 Å². The van der Waals surface area contributed by atoms with Crippen LogP contribution in [0.25, 0.3) is 0 Å². The van der Waals surface area contributed by atoms with Gasteiger partial charge in [-0.1, -0.05) is 19.3 Å². The minimum Gasteiger partial charge on any atom is -0.342 e. The van der Waals surface area contributed by atoms with E-state index in [1.807, 2.05) is 0 Å². The molecule has 114 valence electrons. The fourth-order valence-corrected chi connectivity index (χ4v) is 4.51. The minimum atomic E-state index is 0.436. The molecule has 3 fully saturated rings. The van der Waals surface area contributed by atoms with Gasteiger partial charge in [0.2, 0.25) is 5.91 Å². The van der Waals surface area contributed by atoms with Crippen LogP contribution < -0.4 is 5.32 Å².